The average molecular weight is 285 g/mol. The van der Waals surface area contributed by atoms with E-state index in [9.17, 15) is 0 Å². The number of unbranched alkanes of at least 4 members (excludes halogenated alkanes) is 3. The summed E-state index contributed by atoms with van der Waals surface area (Å²) in [5, 5.41) is 16.2. The van der Waals surface area contributed by atoms with Crippen LogP contribution in [0, 0.1) is 0 Å². The summed E-state index contributed by atoms with van der Waals surface area (Å²) in [4.78, 5) is 1.71. The molecular weight excluding hydrogens is 262 g/mol. The van der Waals surface area contributed by atoms with Crippen molar-refractivity contribution in [1.82, 2.24) is 25.5 Å². The molecule has 1 aromatic heterocycles. The number of nitrogens with one attached hydrogen (secondary N) is 1. The molecule has 0 unspecified atom stereocenters. The third kappa shape index (κ3) is 4.63. The molecule has 0 bridgehead atoms. The minimum absolute atomic E-state index is 0.712. The molecule has 1 N–H and O–H groups in total. The standard InChI is InChI=1S/C16H23N5/c1(6-12-17-15-10-11-15)2-7-13-21-19-16(18-20-21)14-8-4-3-5-9-14/h3-5,8-9,15,17H,1-2,6-7,10-13H2. The fraction of sp³-hybridized carbons (Fsp3) is 0.562. The summed E-state index contributed by atoms with van der Waals surface area (Å²) in [7, 11) is 0. The molecule has 112 valence electrons. The van der Waals surface area contributed by atoms with Crippen molar-refractivity contribution < 1.29 is 0 Å². The van der Waals surface area contributed by atoms with Gasteiger partial charge in [0, 0.05) is 11.6 Å². The lowest BCUT2D eigenvalue weighted by Crippen LogP contribution is -2.17. The number of benzene rings is 1. The molecule has 1 aromatic carbocycles. The van der Waals surface area contributed by atoms with Crippen LogP contribution >= 0.6 is 0 Å². The summed E-state index contributed by atoms with van der Waals surface area (Å²) >= 11 is 0. The van der Waals surface area contributed by atoms with Crippen molar-refractivity contribution in [1.29, 1.82) is 0 Å². The Labute approximate surface area is 125 Å². The maximum Gasteiger partial charge on any atom is 0.204 e. The van der Waals surface area contributed by atoms with Crippen LogP contribution in [0.4, 0.5) is 0 Å². The summed E-state index contributed by atoms with van der Waals surface area (Å²) in [6, 6.07) is 10.8. The van der Waals surface area contributed by atoms with Crippen LogP contribution in [0.25, 0.3) is 11.4 Å². The summed E-state index contributed by atoms with van der Waals surface area (Å²) in [6.07, 6.45) is 7.66. The van der Waals surface area contributed by atoms with Gasteiger partial charge in [-0.2, -0.15) is 4.80 Å². The Balaban J connectivity index is 1.33. The van der Waals surface area contributed by atoms with Gasteiger partial charge in [0.2, 0.25) is 5.82 Å². The molecule has 5 nitrogen and oxygen atoms in total. The van der Waals surface area contributed by atoms with Crippen molar-refractivity contribution in [2.75, 3.05) is 6.54 Å². The highest BCUT2D eigenvalue weighted by Crippen LogP contribution is 2.18. The smallest absolute Gasteiger partial charge is 0.204 e. The molecule has 1 aliphatic rings. The molecule has 5 heteroatoms. The van der Waals surface area contributed by atoms with E-state index in [1.54, 1.807) is 4.80 Å². The van der Waals surface area contributed by atoms with E-state index in [-0.39, 0.29) is 0 Å². The number of nitrogens with zero attached hydrogens (tertiary/aromatic N) is 4. The first-order chi connectivity index (χ1) is 10.4. The molecule has 21 heavy (non-hydrogen) atoms. The summed E-state index contributed by atoms with van der Waals surface area (Å²) in [5.74, 6) is 0.712. The van der Waals surface area contributed by atoms with Gasteiger partial charge in [0.25, 0.3) is 0 Å². The number of aromatic nitrogens is 4. The van der Waals surface area contributed by atoms with Crippen LogP contribution in [0.1, 0.15) is 38.5 Å². The number of aryl methyl sites for hydroxylation is 1. The van der Waals surface area contributed by atoms with E-state index in [4.69, 9.17) is 0 Å². The van der Waals surface area contributed by atoms with Crippen LogP contribution in [0.5, 0.6) is 0 Å². The van der Waals surface area contributed by atoms with Gasteiger partial charge in [0.05, 0.1) is 6.54 Å². The van der Waals surface area contributed by atoms with Gasteiger partial charge in [-0.25, -0.2) is 0 Å². The minimum Gasteiger partial charge on any atom is -0.314 e. The van der Waals surface area contributed by atoms with Crippen LogP contribution < -0.4 is 5.32 Å². The molecule has 0 radical (unpaired) electrons. The quantitative estimate of drug-likeness (QED) is 0.720. The van der Waals surface area contributed by atoms with Crippen LogP contribution in [0.3, 0.4) is 0 Å². The summed E-state index contributed by atoms with van der Waals surface area (Å²) in [5.41, 5.74) is 1.02. The average Bonchev–Trinajstić information content (AvgIpc) is 3.23. The summed E-state index contributed by atoms with van der Waals surface area (Å²) in [6.45, 7) is 2.03. The highest BCUT2D eigenvalue weighted by atomic mass is 15.6. The zero-order valence-corrected chi connectivity index (χ0v) is 12.4. The molecule has 0 atom stereocenters. The Hall–Kier alpha value is -1.75. The number of hydrogen-bond donors (Lipinski definition) is 1. The lowest BCUT2D eigenvalue weighted by atomic mass is 10.2. The van der Waals surface area contributed by atoms with Gasteiger partial charge < -0.3 is 5.32 Å². The molecule has 3 rings (SSSR count). The van der Waals surface area contributed by atoms with Crippen molar-refractivity contribution in [2.45, 2.75) is 51.1 Å². The maximum atomic E-state index is 4.43. The van der Waals surface area contributed by atoms with Crippen LogP contribution in [-0.2, 0) is 6.54 Å². The Morgan fingerprint density at radius 1 is 1.05 bits per heavy atom. The molecule has 0 spiro atoms. The highest BCUT2D eigenvalue weighted by molar-refractivity contribution is 5.52. The first-order valence-corrected chi connectivity index (χ1v) is 7.98. The van der Waals surface area contributed by atoms with Crippen molar-refractivity contribution in [3.05, 3.63) is 30.3 Å². The van der Waals surface area contributed by atoms with Crippen molar-refractivity contribution in [3.63, 3.8) is 0 Å². The van der Waals surface area contributed by atoms with Crippen molar-refractivity contribution in [2.24, 2.45) is 0 Å². The molecule has 1 fully saturated rings. The van der Waals surface area contributed by atoms with Crippen molar-refractivity contribution in [3.8, 4) is 11.4 Å². The van der Waals surface area contributed by atoms with Crippen LogP contribution in [0.15, 0.2) is 30.3 Å². The minimum atomic E-state index is 0.712. The Morgan fingerprint density at radius 3 is 2.67 bits per heavy atom. The fourth-order valence-corrected chi connectivity index (χ4v) is 2.37. The molecule has 0 aliphatic heterocycles. The Morgan fingerprint density at radius 2 is 1.86 bits per heavy atom. The normalized spacial score (nSPS) is 14.5. The van der Waals surface area contributed by atoms with E-state index in [2.05, 4.69) is 20.7 Å². The van der Waals surface area contributed by atoms with Gasteiger partial charge in [0.1, 0.15) is 0 Å². The third-order valence-corrected chi connectivity index (χ3v) is 3.78. The second-order valence-corrected chi connectivity index (χ2v) is 5.72. The van der Waals surface area contributed by atoms with Gasteiger partial charge in [-0.3, -0.25) is 0 Å². The van der Waals surface area contributed by atoms with Gasteiger partial charge in [-0.15, -0.1) is 10.2 Å². The Bertz CT molecular complexity index is 533. The first-order valence-electron chi connectivity index (χ1n) is 7.98. The van der Waals surface area contributed by atoms with E-state index in [1.165, 1.54) is 38.6 Å². The fourth-order valence-electron chi connectivity index (χ4n) is 2.37. The summed E-state index contributed by atoms with van der Waals surface area (Å²) < 4.78 is 0. The lowest BCUT2D eigenvalue weighted by molar-refractivity contribution is 0.474. The van der Waals surface area contributed by atoms with Crippen LogP contribution in [-0.4, -0.2) is 32.8 Å². The second-order valence-electron chi connectivity index (χ2n) is 5.72. The van der Waals surface area contributed by atoms with Gasteiger partial charge in [-0.05, 0) is 37.4 Å². The zero-order valence-electron chi connectivity index (χ0n) is 12.4. The van der Waals surface area contributed by atoms with Crippen molar-refractivity contribution >= 4 is 0 Å². The highest BCUT2D eigenvalue weighted by Gasteiger charge is 2.19. The van der Waals surface area contributed by atoms with E-state index < -0.39 is 0 Å². The molecular formula is C16H23N5. The zero-order chi connectivity index (χ0) is 14.3. The lowest BCUT2D eigenvalue weighted by Gasteiger charge is -2.02. The molecule has 2 aromatic rings. The topological polar surface area (TPSA) is 55.6 Å². The second kappa shape index (κ2) is 7.31. The van der Waals surface area contributed by atoms with Crippen LogP contribution in [0.2, 0.25) is 0 Å². The molecule has 1 aliphatic carbocycles. The van der Waals surface area contributed by atoms with E-state index in [0.29, 0.717) is 5.82 Å². The van der Waals surface area contributed by atoms with E-state index in [1.807, 2.05) is 30.3 Å². The largest absolute Gasteiger partial charge is 0.314 e. The van der Waals surface area contributed by atoms with Gasteiger partial charge >= 0.3 is 0 Å². The number of hydrogen-bond acceptors (Lipinski definition) is 4. The van der Waals surface area contributed by atoms with E-state index in [0.717, 1.165) is 24.6 Å². The van der Waals surface area contributed by atoms with E-state index >= 15 is 0 Å². The number of tetrazole rings is 1. The molecule has 1 saturated carbocycles. The predicted molar refractivity (Wildman–Crippen MR) is 82.7 cm³/mol. The molecule has 1 heterocycles. The molecule has 0 amide bonds. The van der Waals surface area contributed by atoms with Gasteiger partial charge in [-0.1, -0.05) is 43.2 Å². The third-order valence-electron chi connectivity index (χ3n) is 3.78. The molecule has 0 saturated heterocycles. The maximum absolute atomic E-state index is 4.43. The van der Waals surface area contributed by atoms with Gasteiger partial charge in [0.15, 0.2) is 0 Å². The first kappa shape index (κ1) is 14.2. The number of rotatable bonds is 9. The Kier molecular flexibility index (Phi) is 4.94. The SMILES string of the molecule is c1ccc(-c2nnn(CCCCCCNC3CC3)n2)cc1. The monoisotopic (exact) mass is 285 g/mol. The predicted octanol–water partition coefficient (Wildman–Crippen LogP) is 2.65.